The zero-order chi connectivity index (χ0) is 15.5. The predicted molar refractivity (Wildman–Crippen MR) is 80.7 cm³/mol. The smallest absolute Gasteiger partial charge is 0.274 e. The summed E-state index contributed by atoms with van der Waals surface area (Å²) in [6.45, 7) is 5.03. The number of rotatable bonds is 3. The molecule has 6 nitrogen and oxygen atoms in total. The van der Waals surface area contributed by atoms with Gasteiger partial charge in [-0.05, 0) is 19.4 Å². The molecule has 1 amide bonds. The molecule has 2 aromatic heterocycles. The van der Waals surface area contributed by atoms with Crippen LogP contribution in [0.1, 0.15) is 28.2 Å². The molecule has 3 heterocycles. The number of hydrogen-bond donors (Lipinski definition) is 0. The molecule has 6 heteroatoms. The van der Waals surface area contributed by atoms with Crippen LogP contribution in [-0.4, -0.2) is 45.0 Å². The van der Waals surface area contributed by atoms with Crippen molar-refractivity contribution in [1.82, 2.24) is 19.9 Å². The van der Waals surface area contributed by atoms with Gasteiger partial charge in [0.05, 0.1) is 18.4 Å². The van der Waals surface area contributed by atoms with Crippen LogP contribution in [0.5, 0.6) is 5.88 Å². The quantitative estimate of drug-likeness (QED) is 0.864. The van der Waals surface area contributed by atoms with E-state index >= 15 is 0 Å². The summed E-state index contributed by atoms with van der Waals surface area (Å²) in [5, 5.41) is 0. The van der Waals surface area contributed by atoms with E-state index in [1.165, 1.54) is 6.20 Å². The molecule has 0 spiro atoms. The van der Waals surface area contributed by atoms with Crippen molar-refractivity contribution in [2.75, 3.05) is 13.1 Å². The third kappa shape index (κ3) is 3.21. The molecule has 1 aliphatic rings. The summed E-state index contributed by atoms with van der Waals surface area (Å²) in [4.78, 5) is 26.6. The first-order chi connectivity index (χ1) is 10.6. The standard InChI is InChI=1S/C16H18N4O2/c1-11-3-4-15(19-7-11)22-13-5-6-20(10-13)16(21)14-9-17-12(2)8-18-14/h3-4,7-9,13H,5-6,10H2,1-2H3. The van der Waals surface area contributed by atoms with Gasteiger partial charge >= 0.3 is 0 Å². The molecule has 1 fully saturated rings. The van der Waals surface area contributed by atoms with Gasteiger partial charge in [0.15, 0.2) is 0 Å². The first-order valence-electron chi connectivity index (χ1n) is 7.29. The first-order valence-corrected chi connectivity index (χ1v) is 7.29. The lowest BCUT2D eigenvalue weighted by atomic mass is 10.3. The number of pyridine rings is 1. The Bertz CT molecular complexity index is 655. The molecular weight excluding hydrogens is 280 g/mol. The summed E-state index contributed by atoms with van der Waals surface area (Å²) in [6.07, 6.45) is 5.66. The summed E-state index contributed by atoms with van der Waals surface area (Å²) in [6, 6.07) is 3.81. The SMILES string of the molecule is Cc1ccc(OC2CCN(C(=O)c3cnc(C)cn3)C2)nc1. The molecule has 1 aliphatic heterocycles. The van der Waals surface area contributed by atoms with E-state index in [4.69, 9.17) is 4.74 Å². The Morgan fingerprint density at radius 2 is 2.05 bits per heavy atom. The molecule has 0 aromatic carbocycles. The second-order valence-electron chi connectivity index (χ2n) is 5.50. The second kappa shape index (κ2) is 6.09. The highest BCUT2D eigenvalue weighted by Crippen LogP contribution is 2.18. The summed E-state index contributed by atoms with van der Waals surface area (Å²) in [7, 11) is 0. The van der Waals surface area contributed by atoms with E-state index in [2.05, 4.69) is 15.0 Å². The zero-order valence-electron chi connectivity index (χ0n) is 12.7. The monoisotopic (exact) mass is 298 g/mol. The number of aromatic nitrogens is 3. The Morgan fingerprint density at radius 3 is 2.73 bits per heavy atom. The maximum Gasteiger partial charge on any atom is 0.274 e. The molecule has 0 bridgehead atoms. The minimum Gasteiger partial charge on any atom is -0.472 e. The molecular formula is C16H18N4O2. The number of carbonyl (C=O) groups is 1. The lowest BCUT2D eigenvalue weighted by molar-refractivity contribution is 0.0765. The summed E-state index contributed by atoms with van der Waals surface area (Å²) in [5.41, 5.74) is 2.26. The van der Waals surface area contributed by atoms with Crippen LogP contribution in [0.4, 0.5) is 0 Å². The Kier molecular flexibility index (Phi) is 4.00. The number of likely N-dealkylation sites (tertiary alicyclic amines) is 1. The van der Waals surface area contributed by atoms with Gasteiger partial charge in [-0.25, -0.2) is 9.97 Å². The van der Waals surface area contributed by atoms with Crippen molar-refractivity contribution in [3.63, 3.8) is 0 Å². The van der Waals surface area contributed by atoms with E-state index in [-0.39, 0.29) is 12.0 Å². The van der Waals surface area contributed by atoms with Gasteiger partial charge in [-0.3, -0.25) is 9.78 Å². The summed E-state index contributed by atoms with van der Waals surface area (Å²) >= 11 is 0. The lowest BCUT2D eigenvalue weighted by Crippen LogP contribution is -2.31. The normalized spacial score (nSPS) is 17.5. The molecule has 3 rings (SSSR count). The lowest BCUT2D eigenvalue weighted by Gasteiger charge is -2.16. The molecule has 1 saturated heterocycles. The van der Waals surface area contributed by atoms with Gasteiger partial charge in [-0.1, -0.05) is 6.07 Å². The van der Waals surface area contributed by atoms with Crippen LogP contribution in [0, 0.1) is 13.8 Å². The van der Waals surface area contributed by atoms with Crippen molar-refractivity contribution >= 4 is 5.91 Å². The molecule has 0 radical (unpaired) electrons. The van der Waals surface area contributed by atoms with Crippen LogP contribution < -0.4 is 4.74 Å². The van der Waals surface area contributed by atoms with Crippen LogP contribution >= 0.6 is 0 Å². The van der Waals surface area contributed by atoms with Crippen LogP contribution in [0.3, 0.4) is 0 Å². The third-order valence-corrected chi connectivity index (χ3v) is 3.60. The average Bonchev–Trinajstić information content (AvgIpc) is 2.98. The molecule has 1 unspecified atom stereocenters. The van der Waals surface area contributed by atoms with Crippen molar-refractivity contribution < 1.29 is 9.53 Å². The van der Waals surface area contributed by atoms with Gasteiger partial charge in [-0.15, -0.1) is 0 Å². The number of carbonyl (C=O) groups excluding carboxylic acids is 1. The van der Waals surface area contributed by atoms with Crippen molar-refractivity contribution in [3.8, 4) is 5.88 Å². The van der Waals surface area contributed by atoms with E-state index in [0.29, 0.717) is 24.7 Å². The number of amides is 1. The number of nitrogens with zero attached hydrogens (tertiary/aromatic N) is 4. The van der Waals surface area contributed by atoms with Crippen molar-refractivity contribution in [1.29, 1.82) is 0 Å². The highest BCUT2D eigenvalue weighted by molar-refractivity contribution is 5.92. The highest BCUT2D eigenvalue weighted by Gasteiger charge is 2.29. The Labute approximate surface area is 129 Å². The van der Waals surface area contributed by atoms with Crippen LogP contribution in [0.2, 0.25) is 0 Å². The van der Waals surface area contributed by atoms with Gasteiger partial charge in [-0.2, -0.15) is 0 Å². The van der Waals surface area contributed by atoms with Crippen LogP contribution in [0.15, 0.2) is 30.7 Å². The molecule has 1 atom stereocenters. The molecule has 0 aliphatic carbocycles. The van der Waals surface area contributed by atoms with E-state index in [1.54, 1.807) is 17.3 Å². The number of hydrogen-bond acceptors (Lipinski definition) is 5. The topological polar surface area (TPSA) is 68.2 Å². The maximum atomic E-state index is 12.4. The maximum absolute atomic E-state index is 12.4. The molecule has 114 valence electrons. The third-order valence-electron chi connectivity index (χ3n) is 3.60. The summed E-state index contributed by atoms with van der Waals surface area (Å²) < 4.78 is 5.82. The van der Waals surface area contributed by atoms with Gasteiger partial charge in [0, 0.05) is 31.4 Å². The number of ether oxygens (including phenoxy) is 1. The average molecular weight is 298 g/mol. The minimum atomic E-state index is -0.101. The van der Waals surface area contributed by atoms with E-state index < -0.39 is 0 Å². The van der Waals surface area contributed by atoms with Crippen LogP contribution in [-0.2, 0) is 0 Å². The second-order valence-corrected chi connectivity index (χ2v) is 5.50. The zero-order valence-corrected chi connectivity index (χ0v) is 12.7. The Morgan fingerprint density at radius 1 is 1.18 bits per heavy atom. The fourth-order valence-corrected chi connectivity index (χ4v) is 2.37. The van der Waals surface area contributed by atoms with Gasteiger partial charge in [0.1, 0.15) is 11.8 Å². The van der Waals surface area contributed by atoms with Crippen molar-refractivity contribution in [3.05, 3.63) is 47.7 Å². The molecule has 0 saturated carbocycles. The van der Waals surface area contributed by atoms with E-state index in [1.807, 2.05) is 26.0 Å². The minimum absolute atomic E-state index is 0.0300. The summed E-state index contributed by atoms with van der Waals surface area (Å²) in [5.74, 6) is 0.496. The van der Waals surface area contributed by atoms with E-state index in [0.717, 1.165) is 17.7 Å². The molecule has 0 N–H and O–H groups in total. The largest absolute Gasteiger partial charge is 0.472 e. The first kappa shape index (κ1) is 14.4. The number of aryl methyl sites for hydroxylation is 2. The Balaban J connectivity index is 1.61. The van der Waals surface area contributed by atoms with Crippen LogP contribution in [0.25, 0.3) is 0 Å². The van der Waals surface area contributed by atoms with Gasteiger partial charge in [0.25, 0.3) is 5.91 Å². The van der Waals surface area contributed by atoms with Gasteiger partial charge < -0.3 is 9.64 Å². The predicted octanol–water partition coefficient (Wildman–Crippen LogP) is 1.78. The van der Waals surface area contributed by atoms with Gasteiger partial charge in [0.2, 0.25) is 5.88 Å². The molecule has 22 heavy (non-hydrogen) atoms. The fourth-order valence-electron chi connectivity index (χ4n) is 2.37. The fraction of sp³-hybridized carbons (Fsp3) is 0.375. The Hall–Kier alpha value is -2.50. The van der Waals surface area contributed by atoms with Crippen molar-refractivity contribution in [2.45, 2.75) is 26.4 Å². The molecule has 2 aromatic rings. The highest BCUT2D eigenvalue weighted by atomic mass is 16.5. The van der Waals surface area contributed by atoms with E-state index in [9.17, 15) is 4.79 Å². The van der Waals surface area contributed by atoms with Crippen molar-refractivity contribution in [2.24, 2.45) is 0 Å².